The maximum atomic E-state index is 12.5. The van der Waals surface area contributed by atoms with E-state index in [1.54, 1.807) is 13.8 Å². The highest BCUT2D eigenvalue weighted by atomic mass is 32.2. The van der Waals surface area contributed by atoms with Crippen LogP contribution in [0.4, 0.5) is 0 Å². The highest BCUT2D eigenvalue weighted by Crippen LogP contribution is 2.87. The van der Waals surface area contributed by atoms with Crippen molar-refractivity contribution in [1.29, 1.82) is 0 Å². The van der Waals surface area contributed by atoms with E-state index < -0.39 is 15.6 Å². The summed E-state index contributed by atoms with van der Waals surface area (Å²) in [6.07, 6.45) is 13.2. The van der Waals surface area contributed by atoms with Crippen molar-refractivity contribution in [3.8, 4) is 0 Å². The first kappa shape index (κ1) is 27.0. The molecule has 6 nitrogen and oxygen atoms in total. The Hall–Kier alpha value is -0.210. The minimum atomic E-state index is -3.42. The van der Waals surface area contributed by atoms with Gasteiger partial charge in [0.15, 0.2) is 0 Å². The summed E-state index contributed by atoms with van der Waals surface area (Å²) < 4.78 is 33.2. The lowest BCUT2D eigenvalue weighted by atomic mass is 9.46. The van der Waals surface area contributed by atoms with Crippen molar-refractivity contribution in [3.05, 3.63) is 0 Å². The van der Waals surface area contributed by atoms with Gasteiger partial charge in [0, 0.05) is 14.5 Å². The average Bonchev–Trinajstić information content (AvgIpc) is 3.35. The van der Waals surface area contributed by atoms with Gasteiger partial charge in [0.1, 0.15) is 0 Å². The Kier molecular flexibility index (Phi) is 5.96. The molecular weight excluding hydrogens is 486 g/mol. The number of hydrogen-bond acceptors (Lipinski definition) is 5. The second-order valence-corrected chi connectivity index (χ2v) is 17.8. The van der Waals surface area contributed by atoms with Crippen molar-refractivity contribution in [2.24, 2.45) is 45.3 Å². The second-order valence-electron chi connectivity index (χ2n) is 15.8. The minimum Gasteiger partial charge on any atom is -0.393 e. The number of aliphatic hydroxyl groups is 2. The Morgan fingerprint density at radius 3 is 2.35 bits per heavy atom. The van der Waals surface area contributed by atoms with E-state index >= 15 is 0 Å². The van der Waals surface area contributed by atoms with Gasteiger partial charge in [-0.1, -0.05) is 20.8 Å². The number of ether oxygens (including phenoxy) is 1. The summed E-state index contributed by atoms with van der Waals surface area (Å²) in [5, 5.41) is 21.2. The monoisotopic (exact) mass is 539 g/mol. The van der Waals surface area contributed by atoms with E-state index in [1.165, 1.54) is 49.1 Å². The normalized spacial score (nSPS) is 50.5. The van der Waals surface area contributed by atoms with Gasteiger partial charge in [-0.05, 0) is 123 Å². The van der Waals surface area contributed by atoms with Gasteiger partial charge in [-0.15, -0.1) is 0 Å². The highest BCUT2D eigenvalue weighted by molar-refractivity contribution is 7.88. The molecule has 10 atom stereocenters. The van der Waals surface area contributed by atoms with Crippen LogP contribution in [0.2, 0.25) is 0 Å². The minimum absolute atomic E-state index is 0. The molecule has 6 fully saturated rings. The zero-order chi connectivity index (χ0) is 26.8. The molecule has 5 saturated carbocycles. The molecule has 7 heteroatoms. The fourth-order valence-corrected chi connectivity index (χ4v) is 12.4. The number of sulfonamides is 1. The lowest BCUT2D eigenvalue weighted by Crippen LogP contribution is -2.54. The zero-order valence-electron chi connectivity index (χ0n) is 24.0. The van der Waals surface area contributed by atoms with Crippen LogP contribution in [0.1, 0.15) is 100 Å². The standard InChI is InChI=1S/C30H51NO5S.H2/c1-26(2,33)18-31(37(6,34)35)16-19-7-8-21-23(36-19)15-22-20-9-10-24-27(3,4)25(32)11-12-30(24)17-29(20,30)14-13-28(21,22)5;/h19-25,32-33H,7-18H2,1-6H3;1H/t19?,20?,21?,22?,23?,24?,25-,28+,29-,30?;/m0./s1. The Morgan fingerprint density at radius 2 is 1.68 bits per heavy atom. The van der Waals surface area contributed by atoms with Crippen LogP contribution in [0.25, 0.3) is 0 Å². The van der Waals surface area contributed by atoms with Crippen molar-refractivity contribution in [3.63, 3.8) is 0 Å². The molecular formula is C30H53NO5S. The maximum Gasteiger partial charge on any atom is 0.211 e. The van der Waals surface area contributed by atoms with Crippen LogP contribution in [0.15, 0.2) is 0 Å². The number of nitrogens with zero attached hydrogens (tertiary/aromatic N) is 1. The summed E-state index contributed by atoms with van der Waals surface area (Å²) in [4.78, 5) is 0. The van der Waals surface area contributed by atoms with E-state index in [-0.39, 0.29) is 31.7 Å². The third kappa shape index (κ3) is 3.87. The first-order chi connectivity index (χ1) is 17.0. The van der Waals surface area contributed by atoms with Crippen molar-refractivity contribution < 1.29 is 24.8 Å². The lowest BCUT2D eigenvalue weighted by molar-refractivity contribution is -0.135. The molecule has 0 aromatic carbocycles. The van der Waals surface area contributed by atoms with Gasteiger partial charge in [-0.3, -0.25) is 0 Å². The molecule has 0 amide bonds. The zero-order valence-corrected chi connectivity index (χ0v) is 24.8. The van der Waals surface area contributed by atoms with Crippen LogP contribution >= 0.6 is 0 Å². The number of aliphatic hydroxyl groups excluding tert-OH is 1. The number of rotatable bonds is 5. The van der Waals surface area contributed by atoms with Crippen LogP contribution in [0.5, 0.6) is 0 Å². The molecule has 1 saturated heterocycles. The van der Waals surface area contributed by atoms with Crippen LogP contribution in [0, 0.1) is 45.3 Å². The number of hydrogen-bond donors (Lipinski definition) is 2. The van der Waals surface area contributed by atoms with E-state index in [2.05, 4.69) is 20.8 Å². The summed E-state index contributed by atoms with van der Waals surface area (Å²) in [6, 6.07) is 0. The Balaban J connectivity index is 0.00000294. The second kappa shape index (κ2) is 8.18. The van der Waals surface area contributed by atoms with E-state index in [4.69, 9.17) is 4.74 Å². The molecule has 37 heavy (non-hydrogen) atoms. The van der Waals surface area contributed by atoms with Crippen molar-refractivity contribution in [2.75, 3.05) is 19.3 Å². The molecule has 1 aliphatic heterocycles. The summed E-state index contributed by atoms with van der Waals surface area (Å²) in [5.41, 5.74) is 0.235. The molecule has 0 bridgehead atoms. The molecule has 2 N–H and O–H groups in total. The predicted octanol–water partition coefficient (Wildman–Crippen LogP) is 4.83. The van der Waals surface area contributed by atoms with Crippen LogP contribution in [0.3, 0.4) is 0 Å². The Morgan fingerprint density at radius 1 is 0.973 bits per heavy atom. The third-order valence-electron chi connectivity index (χ3n) is 13.1. The summed E-state index contributed by atoms with van der Waals surface area (Å²) >= 11 is 0. The molecule has 7 unspecified atom stereocenters. The fraction of sp³-hybridized carbons (Fsp3) is 1.00. The first-order valence-corrected chi connectivity index (χ1v) is 16.9. The molecule has 0 aromatic rings. The predicted molar refractivity (Wildman–Crippen MR) is 146 cm³/mol. The molecule has 6 rings (SSSR count). The smallest absolute Gasteiger partial charge is 0.211 e. The van der Waals surface area contributed by atoms with Gasteiger partial charge in [0.05, 0.1) is 30.2 Å². The summed E-state index contributed by atoms with van der Waals surface area (Å²) in [5.74, 6) is 2.71. The maximum absolute atomic E-state index is 12.5. The molecule has 6 aliphatic rings. The average molecular weight is 540 g/mol. The topological polar surface area (TPSA) is 87.1 Å². The summed E-state index contributed by atoms with van der Waals surface area (Å²) in [7, 11) is -3.42. The SMILES string of the molecule is CC(C)(O)CN(CC1CCC2C(CC3C4CCC5C(C)(C)[C@@H](O)CCC56C[C@@]46CC[C@]23C)O1)S(C)(=O)=O.[HH]. The third-order valence-corrected chi connectivity index (χ3v) is 14.3. The van der Waals surface area contributed by atoms with Gasteiger partial charge in [-0.25, -0.2) is 8.42 Å². The largest absolute Gasteiger partial charge is 0.393 e. The lowest BCUT2D eigenvalue weighted by Gasteiger charge is -2.59. The van der Waals surface area contributed by atoms with E-state index in [0.29, 0.717) is 40.5 Å². The Bertz CT molecular complexity index is 1040. The van der Waals surface area contributed by atoms with Gasteiger partial charge >= 0.3 is 0 Å². The van der Waals surface area contributed by atoms with E-state index in [1.807, 2.05) is 0 Å². The van der Waals surface area contributed by atoms with Crippen molar-refractivity contribution in [1.82, 2.24) is 4.31 Å². The molecule has 2 spiro atoms. The molecule has 5 aliphatic carbocycles. The fourth-order valence-electron chi connectivity index (χ4n) is 11.4. The van der Waals surface area contributed by atoms with Crippen LogP contribution in [-0.2, 0) is 14.8 Å². The Labute approximate surface area is 226 Å². The molecule has 0 aromatic heterocycles. The van der Waals surface area contributed by atoms with E-state index in [0.717, 1.165) is 31.6 Å². The first-order valence-electron chi connectivity index (χ1n) is 15.0. The van der Waals surface area contributed by atoms with Crippen LogP contribution in [-0.4, -0.2) is 66.2 Å². The van der Waals surface area contributed by atoms with Crippen molar-refractivity contribution >= 4 is 10.0 Å². The molecule has 1 heterocycles. The number of fused-ring (bicyclic) bond motifs is 4. The highest BCUT2D eigenvalue weighted by Gasteiger charge is 2.80. The molecule has 214 valence electrons. The van der Waals surface area contributed by atoms with Gasteiger partial charge < -0.3 is 14.9 Å². The van der Waals surface area contributed by atoms with Crippen LogP contribution < -0.4 is 0 Å². The summed E-state index contributed by atoms with van der Waals surface area (Å²) in [6.45, 7) is 11.0. The molecule has 0 radical (unpaired) electrons. The van der Waals surface area contributed by atoms with E-state index in [9.17, 15) is 18.6 Å². The van der Waals surface area contributed by atoms with Crippen molar-refractivity contribution in [2.45, 2.75) is 123 Å². The quantitative estimate of drug-likeness (QED) is 0.522. The van der Waals surface area contributed by atoms with Gasteiger partial charge in [-0.2, -0.15) is 4.31 Å². The van der Waals surface area contributed by atoms with Gasteiger partial charge in [0.2, 0.25) is 10.0 Å². The van der Waals surface area contributed by atoms with Gasteiger partial charge in [0.25, 0.3) is 0 Å².